The molecule has 3 aromatic carbocycles. The van der Waals surface area contributed by atoms with Crippen molar-refractivity contribution in [3.63, 3.8) is 0 Å². The summed E-state index contributed by atoms with van der Waals surface area (Å²) < 4.78 is 15.7. The Bertz CT molecular complexity index is 1060. The normalized spacial score (nSPS) is 10.5. The summed E-state index contributed by atoms with van der Waals surface area (Å²) in [6, 6.07) is 21.5. The zero-order valence-corrected chi connectivity index (χ0v) is 17.3. The molecule has 31 heavy (non-hydrogen) atoms. The fourth-order valence-electron chi connectivity index (χ4n) is 2.80. The molecule has 0 aromatic heterocycles. The molecule has 0 atom stereocenters. The van der Waals surface area contributed by atoms with Gasteiger partial charge in [-0.1, -0.05) is 36.4 Å². The van der Waals surface area contributed by atoms with Gasteiger partial charge >= 0.3 is 5.97 Å². The van der Waals surface area contributed by atoms with Crippen LogP contribution in [0.5, 0.6) is 11.5 Å². The largest absolute Gasteiger partial charge is 0.493 e. The standard InChI is InChI=1S/C25H23NO5/c1-29-22-14-10-18(16-23(22)30-2)11-15-24(27)31-17-19-8-12-20(13-9-19)25(28)26-21-6-4-3-5-7-21/h3-16H,17H2,1-2H3,(H,26,28)/b15-11-. The number of hydrogen-bond acceptors (Lipinski definition) is 5. The van der Waals surface area contributed by atoms with Crippen molar-refractivity contribution in [1.29, 1.82) is 0 Å². The third-order valence-corrected chi connectivity index (χ3v) is 4.45. The average Bonchev–Trinajstić information content (AvgIpc) is 2.82. The Hall–Kier alpha value is -4.06. The van der Waals surface area contributed by atoms with E-state index >= 15 is 0 Å². The van der Waals surface area contributed by atoms with Gasteiger partial charge < -0.3 is 19.5 Å². The second-order valence-electron chi connectivity index (χ2n) is 6.57. The first kappa shape index (κ1) is 21.6. The second-order valence-corrected chi connectivity index (χ2v) is 6.57. The number of amides is 1. The molecule has 6 heteroatoms. The van der Waals surface area contributed by atoms with Crippen molar-refractivity contribution in [3.05, 3.63) is 95.6 Å². The molecule has 0 saturated carbocycles. The fraction of sp³-hybridized carbons (Fsp3) is 0.120. The lowest BCUT2D eigenvalue weighted by Crippen LogP contribution is -2.11. The van der Waals surface area contributed by atoms with Gasteiger partial charge in [0, 0.05) is 17.3 Å². The topological polar surface area (TPSA) is 73.9 Å². The SMILES string of the molecule is COc1ccc(/C=C\C(=O)OCc2ccc(C(=O)Nc3ccccc3)cc2)cc1OC. The minimum atomic E-state index is -0.472. The van der Waals surface area contributed by atoms with E-state index in [1.54, 1.807) is 56.7 Å². The number of esters is 1. The number of methoxy groups -OCH3 is 2. The Kier molecular flexibility index (Phi) is 7.43. The summed E-state index contributed by atoms with van der Waals surface area (Å²) >= 11 is 0. The molecule has 3 aromatic rings. The average molecular weight is 417 g/mol. The van der Waals surface area contributed by atoms with E-state index in [9.17, 15) is 9.59 Å². The number of para-hydroxylation sites is 1. The quantitative estimate of drug-likeness (QED) is 0.424. The number of rotatable bonds is 8. The highest BCUT2D eigenvalue weighted by Crippen LogP contribution is 2.28. The number of carbonyl (C=O) groups is 2. The maximum atomic E-state index is 12.3. The maximum absolute atomic E-state index is 12.3. The van der Waals surface area contributed by atoms with Gasteiger partial charge in [-0.3, -0.25) is 4.79 Å². The van der Waals surface area contributed by atoms with E-state index in [4.69, 9.17) is 14.2 Å². The summed E-state index contributed by atoms with van der Waals surface area (Å²) in [6.07, 6.45) is 2.99. The molecule has 0 bridgehead atoms. The van der Waals surface area contributed by atoms with Crippen LogP contribution < -0.4 is 14.8 Å². The van der Waals surface area contributed by atoms with Crippen LogP contribution in [0.2, 0.25) is 0 Å². The molecule has 0 radical (unpaired) electrons. The van der Waals surface area contributed by atoms with E-state index in [0.29, 0.717) is 17.1 Å². The van der Waals surface area contributed by atoms with Crippen molar-refractivity contribution >= 4 is 23.6 Å². The molecule has 0 aliphatic carbocycles. The highest BCUT2D eigenvalue weighted by Gasteiger charge is 2.07. The van der Waals surface area contributed by atoms with Crippen molar-refractivity contribution in [2.75, 3.05) is 19.5 Å². The lowest BCUT2D eigenvalue weighted by atomic mass is 10.1. The zero-order chi connectivity index (χ0) is 22.1. The van der Waals surface area contributed by atoms with Crippen molar-refractivity contribution < 1.29 is 23.8 Å². The monoisotopic (exact) mass is 417 g/mol. The Morgan fingerprint density at radius 3 is 2.26 bits per heavy atom. The van der Waals surface area contributed by atoms with Crippen LogP contribution in [-0.2, 0) is 16.1 Å². The van der Waals surface area contributed by atoms with Gasteiger partial charge in [0.2, 0.25) is 0 Å². The predicted octanol–water partition coefficient (Wildman–Crippen LogP) is 4.71. The van der Waals surface area contributed by atoms with E-state index in [0.717, 1.165) is 16.8 Å². The molecule has 0 unspecified atom stereocenters. The summed E-state index contributed by atoms with van der Waals surface area (Å²) in [7, 11) is 3.11. The zero-order valence-electron chi connectivity index (χ0n) is 17.3. The van der Waals surface area contributed by atoms with Crippen LogP contribution in [0.3, 0.4) is 0 Å². The summed E-state index contributed by atoms with van der Waals surface area (Å²) in [4.78, 5) is 24.3. The van der Waals surface area contributed by atoms with Crippen LogP contribution in [0.25, 0.3) is 6.08 Å². The first-order valence-electron chi connectivity index (χ1n) is 9.61. The minimum absolute atomic E-state index is 0.107. The van der Waals surface area contributed by atoms with Crippen LogP contribution >= 0.6 is 0 Å². The first-order valence-corrected chi connectivity index (χ1v) is 9.61. The van der Waals surface area contributed by atoms with Gasteiger partial charge in [0.05, 0.1) is 14.2 Å². The molecular weight excluding hydrogens is 394 g/mol. The van der Waals surface area contributed by atoms with Gasteiger partial charge in [-0.2, -0.15) is 0 Å². The van der Waals surface area contributed by atoms with Crippen LogP contribution in [0.15, 0.2) is 78.9 Å². The van der Waals surface area contributed by atoms with Crippen LogP contribution in [0.1, 0.15) is 21.5 Å². The van der Waals surface area contributed by atoms with E-state index in [1.165, 1.54) is 6.08 Å². The number of nitrogens with one attached hydrogen (secondary N) is 1. The Morgan fingerprint density at radius 1 is 0.871 bits per heavy atom. The molecule has 0 aliphatic heterocycles. The van der Waals surface area contributed by atoms with Gasteiger partial charge in [0.15, 0.2) is 11.5 Å². The van der Waals surface area contributed by atoms with Crippen LogP contribution in [-0.4, -0.2) is 26.1 Å². The molecule has 0 heterocycles. The molecule has 6 nitrogen and oxygen atoms in total. The molecule has 1 amide bonds. The van der Waals surface area contributed by atoms with Crippen molar-refractivity contribution in [3.8, 4) is 11.5 Å². The second kappa shape index (κ2) is 10.6. The van der Waals surface area contributed by atoms with Crippen molar-refractivity contribution in [2.24, 2.45) is 0 Å². The van der Waals surface area contributed by atoms with E-state index in [2.05, 4.69) is 5.32 Å². The van der Waals surface area contributed by atoms with Gasteiger partial charge in [-0.05, 0) is 53.6 Å². The maximum Gasteiger partial charge on any atom is 0.331 e. The predicted molar refractivity (Wildman–Crippen MR) is 119 cm³/mol. The highest BCUT2D eigenvalue weighted by atomic mass is 16.5. The molecule has 0 aliphatic rings. The summed E-state index contributed by atoms with van der Waals surface area (Å²) in [5.74, 6) is 0.519. The first-order chi connectivity index (χ1) is 15.1. The molecule has 3 rings (SSSR count). The highest BCUT2D eigenvalue weighted by molar-refractivity contribution is 6.04. The molecule has 1 N–H and O–H groups in total. The van der Waals surface area contributed by atoms with Gasteiger partial charge in [-0.15, -0.1) is 0 Å². The third-order valence-electron chi connectivity index (χ3n) is 4.45. The molecule has 0 spiro atoms. The molecular formula is C25H23NO5. The number of hydrogen-bond donors (Lipinski definition) is 1. The Labute approximate surface area is 181 Å². The summed E-state index contributed by atoms with van der Waals surface area (Å²) in [5, 5.41) is 2.83. The van der Waals surface area contributed by atoms with Gasteiger partial charge in [0.25, 0.3) is 5.91 Å². The van der Waals surface area contributed by atoms with E-state index in [1.807, 2.05) is 36.4 Å². The molecule has 158 valence electrons. The van der Waals surface area contributed by atoms with E-state index in [-0.39, 0.29) is 12.5 Å². The van der Waals surface area contributed by atoms with Gasteiger partial charge in [-0.25, -0.2) is 4.79 Å². The lowest BCUT2D eigenvalue weighted by Gasteiger charge is -2.08. The smallest absolute Gasteiger partial charge is 0.331 e. The number of anilines is 1. The lowest BCUT2D eigenvalue weighted by molar-refractivity contribution is -0.138. The Morgan fingerprint density at radius 2 is 1.58 bits per heavy atom. The van der Waals surface area contributed by atoms with Crippen molar-refractivity contribution in [1.82, 2.24) is 0 Å². The Balaban J connectivity index is 1.52. The third kappa shape index (κ3) is 6.21. The van der Waals surface area contributed by atoms with Gasteiger partial charge in [0.1, 0.15) is 6.61 Å². The van der Waals surface area contributed by atoms with Crippen LogP contribution in [0.4, 0.5) is 5.69 Å². The summed E-state index contributed by atoms with van der Waals surface area (Å²) in [6.45, 7) is 0.107. The fourth-order valence-corrected chi connectivity index (χ4v) is 2.80. The van der Waals surface area contributed by atoms with Crippen molar-refractivity contribution in [2.45, 2.75) is 6.61 Å². The number of benzene rings is 3. The minimum Gasteiger partial charge on any atom is -0.493 e. The molecule has 0 fully saturated rings. The number of ether oxygens (including phenoxy) is 3. The van der Waals surface area contributed by atoms with Crippen LogP contribution in [0, 0.1) is 0 Å². The summed E-state index contributed by atoms with van der Waals surface area (Å²) in [5.41, 5.74) is 2.81. The van der Waals surface area contributed by atoms with E-state index < -0.39 is 5.97 Å². The molecule has 0 saturated heterocycles. The number of carbonyl (C=O) groups excluding carboxylic acids is 2.